The summed E-state index contributed by atoms with van der Waals surface area (Å²) >= 11 is 0. The molecule has 0 aromatic heterocycles. The smallest absolute Gasteiger partial charge is 0.243 e. The minimum atomic E-state index is -3.49. The van der Waals surface area contributed by atoms with Gasteiger partial charge in [0, 0.05) is 19.5 Å². The zero-order valence-electron chi connectivity index (χ0n) is 10.7. The van der Waals surface area contributed by atoms with Crippen molar-refractivity contribution < 1.29 is 8.42 Å². The van der Waals surface area contributed by atoms with Gasteiger partial charge in [-0.25, -0.2) is 8.42 Å². The Morgan fingerprint density at radius 1 is 1.44 bits per heavy atom. The van der Waals surface area contributed by atoms with E-state index in [-0.39, 0.29) is 23.7 Å². The standard InChI is InChI=1S/C12H19N3O2S/c1-3-15(8-7-12(13)14)18(16,17)11-6-4-5-10(2)9-11/h4-6,9H,3,7-8H2,1-2H3,(H3,13,14). The molecule has 0 fully saturated rings. The van der Waals surface area contributed by atoms with E-state index in [0.717, 1.165) is 5.56 Å². The van der Waals surface area contributed by atoms with Crippen molar-refractivity contribution in [3.63, 3.8) is 0 Å². The molecule has 0 radical (unpaired) electrons. The minimum absolute atomic E-state index is 0.00658. The Hall–Kier alpha value is -1.40. The van der Waals surface area contributed by atoms with Crippen molar-refractivity contribution in [2.75, 3.05) is 13.1 Å². The van der Waals surface area contributed by atoms with E-state index in [4.69, 9.17) is 11.1 Å². The molecule has 0 saturated carbocycles. The van der Waals surface area contributed by atoms with Gasteiger partial charge in [0.1, 0.15) is 0 Å². The number of sulfonamides is 1. The van der Waals surface area contributed by atoms with Crippen molar-refractivity contribution in [1.29, 1.82) is 5.41 Å². The monoisotopic (exact) mass is 269 g/mol. The van der Waals surface area contributed by atoms with Crippen LogP contribution in [0.4, 0.5) is 0 Å². The highest BCUT2D eigenvalue weighted by Crippen LogP contribution is 2.16. The Balaban J connectivity index is 2.99. The zero-order valence-corrected chi connectivity index (χ0v) is 11.5. The van der Waals surface area contributed by atoms with Crippen LogP contribution in [-0.2, 0) is 10.0 Å². The molecule has 1 aromatic rings. The number of hydrogen-bond donors (Lipinski definition) is 2. The Bertz CT molecular complexity index is 526. The molecule has 0 saturated heterocycles. The van der Waals surface area contributed by atoms with Gasteiger partial charge in [0.2, 0.25) is 10.0 Å². The normalized spacial score (nSPS) is 11.7. The number of hydrogen-bond acceptors (Lipinski definition) is 3. The molecule has 1 aromatic carbocycles. The maximum absolute atomic E-state index is 12.3. The molecule has 0 aliphatic carbocycles. The van der Waals surface area contributed by atoms with E-state index in [2.05, 4.69) is 0 Å². The largest absolute Gasteiger partial charge is 0.388 e. The van der Waals surface area contributed by atoms with E-state index in [0.29, 0.717) is 6.54 Å². The number of rotatable bonds is 6. The van der Waals surface area contributed by atoms with E-state index >= 15 is 0 Å². The molecule has 1 rings (SSSR count). The number of nitrogens with two attached hydrogens (primary N) is 1. The van der Waals surface area contributed by atoms with Crippen LogP contribution < -0.4 is 5.73 Å². The lowest BCUT2D eigenvalue weighted by atomic mass is 10.2. The van der Waals surface area contributed by atoms with Gasteiger partial charge in [0.25, 0.3) is 0 Å². The predicted octanol–water partition coefficient (Wildman–Crippen LogP) is 1.33. The Labute approximate surface area is 108 Å². The fraction of sp³-hybridized carbons (Fsp3) is 0.417. The van der Waals surface area contributed by atoms with Crippen LogP contribution in [0.1, 0.15) is 18.9 Å². The van der Waals surface area contributed by atoms with Crippen molar-refractivity contribution in [2.24, 2.45) is 5.73 Å². The van der Waals surface area contributed by atoms with Crippen LogP contribution in [0, 0.1) is 12.3 Å². The molecule has 3 N–H and O–H groups in total. The SMILES string of the molecule is CCN(CCC(=N)N)S(=O)(=O)c1cccc(C)c1. The second-order valence-corrected chi connectivity index (χ2v) is 6.03. The summed E-state index contributed by atoms with van der Waals surface area (Å²) in [7, 11) is -3.49. The first-order valence-corrected chi connectivity index (χ1v) is 7.21. The molecule has 0 bridgehead atoms. The summed E-state index contributed by atoms with van der Waals surface area (Å²) < 4.78 is 26.0. The molecule has 0 spiro atoms. The Morgan fingerprint density at radius 3 is 2.61 bits per heavy atom. The van der Waals surface area contributed by atoms with Gasteiger partial charge in [-0.05, 0) is 24.6 Å². The average Bonchev–Trinajstić information content (AvgIpc) is 2.29. The van der Waals surface area contributed by atoms with Crippen LogP contribution in [-0.4, -0.2) is 31.6 Å². The van der Waals surface area contributed by atoms with Crippen molar-refractivity contribution in [2.45, 2.75) is 25.2 Å². The van der Waals surface area contributed by atoms with Crippen LogP contribution in [0.3, 0.4) is 0 Å². The Kier molecular flexibility index (Phi) is 4.86. The first-order valence-electron chi connectivity index (χ1n) is 5.77. The van der Waals surface area contributed by atoms with E-state index < -0.39 is 10.0 Å². The van der Waals surface area contributed by atoms with Crippen molar-refractivity contribution in [3.05, 3.63) is 29.8 Å². The third-order valence-electron chi connectivity index (χ3n) is 2.61. The highest BCUT2D eigenvalue weighted by Gasteiger charge is 2.22. The number of nitrogens with one attached hydrogen (secondary N) is 1. The number of nitrogens with zero attached hydrogens (tertiary/aromatic N) is 1. The highest BCUT2D eigenvalue weighted by atomic mass is 32.2. The third-order valence-corrected chi connectivity index (χ3v) is 4.58. The number of benzene rings is 1. The molecule has 6 heteroatoms. The molecule has 0 heterocycles. The second-order valence-electron chi connectivity index (χ2n) is 4.09. The summed E-state index contributed by atoms with van der Waals surface area (Å²) in [6, 6.07) is 6.80. The van der Waals surface area contributed by atoms with Gasteiger partial charge >= 0.3 is 0 Å². The quantitative estimate of drug-likeness (QED) is 0.603. The third kappa shape index (κ3) is 3.54. The number of aryl methyl sites for hydroxylation is 1. The van der Waals surface area contributed by atoms with Crippen LogP contribution in [0.5, 0.6) is 0 Å². The molecule has 0 amide bonds. The van der Waals surface area contributed by atoms with Gasteiger partial charge in [-0.15, -0.1) is 0 Å². The molecule has 0 atom stereocenters. The van der Waals surface area contributed by atoms with E-state index in [1.807, 2.05) is 13.0 Å². The van der Waals surface area contributed by atoms with Crippen molar-refractivity contribution >= 4 is 15.9 Å². The first kappa shape index (κ1) is 14.7. The topological polar surface area (TPSA) is 87.2 Å². The van der Waals surface area contributed by atoms with Gasteiger partial charge < -0.3 is 5.73 Å². The van der Waals surface area contributed by atoms with Crippen molar-refractivity contribution in [3.8, 4) is 0 Å². The highest BCUT2D eigenvalue weighted by molar-refractivity contribution is 7.89. The van der Waals surface area contributed by atoms with Crippen LogP contribution >= 0.6 is 0 Å². The molecular weight excluding hydrogens is 250 g/mol. The maximum atomic E-state index is 12.3. The minimum Gasteiger partial charge on any atom is -0.388 e. The van der Waals surface area contributed by atoms with Gasteiger partial charge in [0.15, 0.2) is 0 Å². The molecular formula is C12H19N3O2S. The summed E-state index contributed by atoms with van der Waals surface area (Å²) in [5, 5.41) is 7.16. The fourth-order valence-electron chi connectivity index (χ4n) is 1.62. The average molecular weight is 269 g/mol. The van der Waals surface area contributed by atoms with E-state index in [9.17, 15) is 8.42 Å². The second kappa shape index (κ2) is 5.97. The molecule has 18 heavy (non-hydrogen) atoms. The lowest BCUT2D eigenvalue weighted by Crippen LogP contribution is -2.33. The summed E-state index contributed by atoms with van der Waals surface area (Å²) in [4.78, 5) is 0.285. The lowest BCUT2D eigenvalue weighted by Gasteiger charge is -2.20. The van der Waals surface area contributed by atoms with Crippen molar-refractivity contribution in [1.82, 2.24) is 4.31 Å². The Morgan fingerprint density at radius 2 is 2.11 bits per heavy atom. The van der Waals surface area contributed by atoms with Gasteiger partial charge in [-0.2, -0.15) is 4.31 Å². The van der Waals surface area contributed by atoms with E-state index in [1.165, 1.54) is 4.31 Å². The van der Waals surface area contributed by atoms with Gasteiger partial charge in [-0.3, -0.25) is 5.41 Å². The lowest BCUT2D eigenvalue weighted by molar-refractivity contribution is 0.436. The molecule has 0 unspecified atom stereocenters. The zero-order chi connectivity index (χ0) is 13.8. The van der Waals surface area contributed by atoms with Crippen LogP contribution in [0.25, 0.3) is 0 Å². The van der Waals surface area contributed by atoms with E-state index in [1.54, 1.807) is 25.1 Å². The molecule has 100 valence electrons. The summed E-state index contributed by atoms with van der Waals surface area (Å²) in [5.74, 6) is -0.00658. The summed E-state index contributed by atoms with van der Waals surface area (Å²) in [6.07, 6.45) is 0.249. The first-order chi connectivity index (χ1) is 8.37. The number of amidine groups is 1. The van der Waals surface area contributed by atoms with Gasteiger partial charge in [-0.1, -0.05) is 19.1 Å². The molecule has 0 aliphatic rings. The summed E-state index contributed by atoms with van der Waals surface area (Å²) in [6.45, 7) is 4.23. The molecule has 0 aliphatic heterocycles. The predicted molar refractivity (Wildman–Crippen MR) is 72.1 cm³/mol. The van der Waals surface area contributed by atoms with Crippen LogP contribution in [0.15, 0.2) is 29.2 Å². The molecule has 5 nitrogen and oxygen atoms in total. The van der Waals surface area contributed by atoms with Gasteiger partial charge in [0.05, 0.1) is 10.7 Å². The maximum Gasteiger partial charge on any atom is 0.243 e. The van der Waals surface area contributed by atoms with Crippen LogP contribution in [0.2, 0.25) is 0 Å². The summed E-state index contributed by atoms with van der Waals surface area (Å²) in [5.41, 5.74) is 6.16. The fourth-order valence-corrected chi connectivity index (χ4v) is 3.17.